The Balaban J connectivity index is 1.95. The van der Waals surface area contributed by atoms with Crippen LogP contribution in [0.4, 0.5) is 5.13 Å². The smallest absolute Gasteiger partial charge is 0.284 e. The van der Waals surface area contributed by atoms with Crippen LogP contribution in [0, 0.1) is 11.8 Å². The number of carbonyl (C=O) groups is 1. The van der Waals surface area contributed by atoms with Crippen molar-refractivity contribution >= 4 is 22.4 Å². The van der Waals surface area contributed by atoms with Gasteiger partial charge in [0.2, 0.25) is 10.1 Å². The molecule has 1 fully saturated rings. The second-order valence-corrected chi connectivity index (χ2v) is 5.83. The van der Waals surface area contributed by atoms with E-state index in [9.17, 15) is 4.79 Å². The van der Waals surface area contributed by atoms with Crippen molar-refractivity contribution in [3.63, 3.8) is 0 Å². The second kappa shape index (κ2) is 5.00. The Morgan fingerprint density at radius 3 is 2.53 bits per heavy atom. The Kier molecular flexibility index (Phi) is 3.61. The zero-order chi connectivity index (χ0) is 12.4. The highest BCUT2D eigenvalue weighted by Gasteiger charge is 2.26. The molecule has 0 aromatic carbocycles. The minimum atomic E-state index is -0.0265. The quantitative estimate of drug-likeness (QED) is 0.870. The fraction of sp³-hybridized carbons (Fsp3) is 0.727. The number of carbonyl (C=O) groups excluding carboxylic acids is 1. The lowest BCUT2D eigenvalue weighted by molar-refractivity contribution is 0.0666. The number of nitrogens with zero attached hydrogens (tertiary/aromatic N) is 3. The monoisotopic (exact) mass is 254 g/mol. The highest BCUT2D eigenvalue weighted by Crippen LogP contribution is 2.25. The van der Waals surface area contributed by atoms with Gasteiger partial charge >= 0.3 is 0 Å². The molecular formula is C11H18N4OS. The van der Waals surface area contributed by atoms with Crippen LogP contribution in [0.15, 0.2) is 0 Å². The zero-order valence-electron chi connectivity index (χ0n) is 10.2. The Morgan fingerprint density at radius 1 is 1.41 bits per heavy atom. The van der Waals surface area contributed by atoms with E-state index >= 15 is 0 Å². The van der Waals surface area contributed by atoms with Crippen molar-refractivity contribution in [3.8, 4) is 0 Å². The van der Waals surface area contributed by atoms with E-state index in [-0.39, 0.29) is 5.91 Å². The fourth-order valence-electron chi connectivity index (χ4n) is 2.23. The van der Waals surface area contributed by atoms with E-state index in [1.807, 2.05) is 4.90 Å². The molecule has 2 N–H and O–H groups in total. The molecule has 5 nitrogen and oxygen atoms in total. The first-order valence-corrected chi connectivity index (χ1v) is 6.78. The number of amides is 1. The summed E-state index contributed by atoms with van der Waals surface area (Å²) in [5.74, 6) is 1.41. The number of piperidine rings is 1. The molecule has 17 heavy (non-hydrogen) atoms. The van der Waals surface area contributed by atoms with Gasteiger partial charge in [-0.15, -0.1) is 10.2 Å². The Labute approximate surface area is 105 Å². The maximum absolute atomic E-state index is 12.1. The van der Waals surface area contributed by atoms with E-state index in [4.69, 9.17) is 5.73 Å². The molecule has 0 radical (unpaired) electrons. The van der Waals surface area contributed by atoms with Gasteiger partial charge in [-0.05, 0) is 24.7 Å². The largest absolute Gasteiger partial charge is 0.374 e. The predicted octanol–water partition coefficient (Wildman–Crippen LogP) is 1.63. The summed E-state index contributed by atoms with van der Waals surface area (Å²) in [4.78, 5) is 13.9. The third-order valence-electron chi connectivity index (χ3n) is 3.39. The lowest BCUT2D eigenvalue weighted by Crippen LogP contribution is -2.39. The number of nitrogen functional groups attached to an aromatic ring is 1. The van der Waals surface area contributed by atoms with E-state index < -0.39 is 0 Å². The molecule has 6 heteroatoms. The van der Waals surface area contributed by atoms with Crippen LogP contribution < -0.4 is 5.73 Å². The summed E-state index contributed by atoms with van der Waals surface area (Å²) in [7, 11) is 0. The van der Waals surface area contributed by atoms with Gasteiger partial charge in [-0.25, -0.2) is 0 Å². The van der Waals surface area contributed by atoms with Gasteiger partial charge in [-0.1, -0.05) is 25.2 Å². The summed E-state index contributed by atoms with van der Waals surface area (Å²) in [5, 5.41) is 8.23. The van der Waals surface area contributed by atoms with Gasteiger partial charge in [0.05, 0.1) is 0 Å². The normalized spacial score (nSPS) is 17.7. The molecular weight excluding hydrogens is 236 g/mol. The first kappa shape index (κ1) is 12.3. The molecule has 1 amide bonds. The SMILES string of the molecule is CC(C)C1CCN(C(=O)c2nnc(N)s2)CC1. The highest BCUT2D eigenvalue weighted by atomic mass is 32.1. The molecule has 0 bridgehead atoms. The van der Waals surface area contributed by atoms with Crippen molar-refractivity contribution in [2.75, 3.05) is 18.8 Å². The Bertz CT molecular complexity index is 396. The number of aromatic nitrogens is 2. The number of hydrogen-bond donors (Lipinski definition) is 1. The first-order chi connectivity index (χ1) is 8.08. The van der Waals surface area contributed by atoms with E-state index in [1.165, 1.54) is 0 Å². The van der Waals surface area contributed by atoms with Crippen molar-refractivity contribution in [1.82, 2.24) is 15.1 Å². The van der Waals surface area contributed by atoms with Crippen LogP contribution in [0.25, 0.3) is 0 Å². The molecule has 1 saturated heterocycles. The van der Waals surface area contributed by atoms with Crippen molar-refractivity contribution in [2.45, 2.75) is 26.7 Å². The molecule has 0 unspecified atom stereocenters. The van der Waals surface area contributed by atoms with Crippen molar-refractivity contribution in [3.05, 3.63) is 5.01 Å². The molecule has 0 saturated carbocycles. The average molecular weight is 254 g/mol. The molecule has 94 valence electrons. The number of likely N-dealkylation sites (tertiary alicyclic amines) is 1. The molecule has 1 aliphatic rings. The maximum Gasteiger partial charge on any atom is 0.284 e. The van der Waals surface area contributed by atoms with Crippen LogP contribution in [-0.4, -0.2) is 34.1 Å². The molecule has 0 atom stereocenters. The summed E-state index contributed by atoms with van der Waals surface area (Å²) in [6.45, 7) is 6.13. The fourth-order valence-corrected chi connectivity index (χ4v) is 2.80. The Hall–Kier alpha value is -1.17. The summed E-state index contributed by atoms with van der Waals surface area (Å²) in [6, 6.07) is 0. The molecule has 0 aliphatic carbocycles. The standard InChI is InChI=1S/C11H18N4OS/c1-7(2)8-3-5-15(6-4-8)10(16)9-13-14-11(12)17-9/h7-8H,3-6H2,1-2H3,(H2,12,14). The van der Waals surface area contributed by atoms with Gasteiger partial charge < -0.3 is 10.6 Å². The van der Waals surface area contributed by atoms with Crippen molar-refractivity contribution < 1.29 is 4.79 Å². The van der Waals surface area contributed by atoms with E-state index in [2.05, 4.69) is 24.0 Å². The lowest BCUT2D eigenvalue weighted by Gasteiger charge is -2.33. The number of anilines is 1. The maximum atomic E-state index is 12.1. The average Bonchev–Trinajstić information content (AvgIpc) is 2.75. The molecule has 0 spiro atoms. The minimum absolute atomic E-state index is 0.0265. The molecule has 2 heterocycles. The third kappa shape index (κ3) is 2.74. The van der Waals surface area contributed by atoms with Crippen LogP contribution in [-0.2, 0) is 0 Å². The van der Waals surface area contributed by atoms with Crippen LogP contribution >= 0.6 is 11.3 Å². The van der Waals surface area contributed by atoms with Gasteiger partial charge in [0.25, 0.3) is 5.91 Å². The van der Waals surface area contributed by atoms with Gasteiger partial charge in [0, 0.05) is 13.1 Å². The van der Waals surface area contributed by atoms with E-state index in [1.54, 1.807) is 0 Å². The van der Waals surface area contributed by atoms with Crippen LogP contribution in [0.3, 0.4) is 0 Å². The van der Waals surface area contributed by atoms with Gasteiger partial charge in [-0.3, -0.25) is 4.79 Å². The topological polar surface area (TPSA) is 72.1 Å². The number of hydrogen-bond acceptors (Lipinski definition) is 5. The highest BCUT2D eigenvalue weighted by molar-refractivity contribution is 7.16. The van der Waals surface area contributed by atoms with Gasteiger partial charge in [0.15, 0.2) is 0 Å². The van der Waals surface area contributed by atoms with Crippen LogP contribution in [0.1, 0.15) is 36.5 Å². The third-order valence-corrected chi connectivity index (χ3v) is 4.13. The first-order valence-electron chi connectivity index (χ1n) is 5.96. The summed E-state index contributed by atoms with van der Waals surface area (Å²) >= 11 is 1.16. The van der Waals surface area contributed by atoms with Gasteiger partial charge in [-0.2, -0.15) is 0 Å². The zero-order valence-corrected chi connectivity index (χ0v) is 11.0. The molecule has 1 aromatic rings. The van der Waals surface area contributed by atoms with E-state index in [0.29, 0.717) is 16.1 Å². The number of nitrogens with two attached hydrogens (primary N) is 1. The molecule has 1 aliphatic heterocycles. The summed E-state index contributed by atoms with van der Waals surface area (Å²) < 4.78 is 0. The second-order valence-electron chi connectivity index (χ2n) is 4.82. The van der Waals surface area contributed by atoms with Crippen LogP contribution in [0.2, 0.25) is 0 Å². The lowest BCUT2D eigenvalue weighted by atomic mass is 9.87. The minimum Gasteiger partial charge on any atom is -0.374 e. The molecule has 1 aromatic heterocycles. The van der Waals surface area contributed by atoms with Crippen molar-refractivity contribution in [1.29, 1.82) is 0 Å². The molecule has 2 rings (SSSR count). The predicted molar refractivity (Wildman–Crippen MR) is 67.8 cm³/mol. The summed E-state index contributed by atoms with van der Waals surface area (Å²) in [5.41, 5.74) is 5.48. The van der Waals surface area contributed by atoms with E-state index in [0.717, 1.165) is 43.2 Å². The number of rotatable bonds is 2. The van der Waals surface area contributed by atoms with Crippen molar-refractivity contribution in [2.24, 2.45) is 11.8 Å². The summed E-state index contributed by atoms with van der Waals surface area (Å²) in [6.07, 6.45) is 2.16. The van der Waals surface area contributed by atoms with Gasteiger partial charge in [0.1, 0.15) is 0 Å². The Morgan fingerprint density at radius 2 is 2.06 bits per heavy atom. The van der Waals surface area contributed by atoms with Crippen LogP contribution in [0.5, 0.6) is 0 Å².